The summed E-state index contributed by atoms with van der Waals surface area (Å²) in [5, 5.41) is 6.41. The summed E-state index contributed by atoms with van der Waals surface area (Å²) in [6, 6.07) is 12.9. The first kappa shape index (κ1) is 15.1. The monoisotopic (exact) mass is 333 g/mol. The van der Waals surface area contributed by atoms with Gasteiger partial charge in [0.2, 0.25) is 5.89 Å². The zero-order chi connectivity index (χ0) is 17.4. The van der Waals surface area contributed by atoms with Gasteiger partial charge in [-0.2, -0.15) is 0 Å². The fourth-order valence-corrected chi connectivity index (χ4v) is 2.71. The number of oxazole rings is 1. The van der Waals surface area contributed by atoms with Gasteiger partial charge in [0.05, 0.1) is 0 Å². The Morgan fingerprint density at radius 2 is 1.96 bits per heavy atom. The molecule has 0 spiro atoms. The van der Waals surface area contributed by atoms with Crippen LogP contribution < -0.4 is 5.32 Å². The SMILES string of the molecule is Cc1cc(NC(=O)c2ccon2)ccc1-c1nc2cccc(C)c2o1. The van der Waals surface area contributed by atoms with E-state index in [0.29, 0.717) is 11.6 Å². The van der Waals surface area contributed by atoms with Crippen LogP contribution in [-0.4, -0.2) is 16.0 Å². The number of hydrogen-bond donors (Lipinski definition) is 1. The van der Waals surface area contributed by atoms with Crippen LogP contribution in [0.5, 0.6) is 0 Å². The van der Waals surface area contributed by atoms with Crippen LogP contribution in [0.3, 0.4) is 0 Å². The van der Waals surface area contributed by atoms with Crippen molar-refractivity contribution in [2.75, 3.05) is 5.32 Å². The van der Waals surface area contributed by atoms with Gasteiger partial charge >= 0.3 is 0 Å². The van der Waals surface area contributed by atoms with Crippen molar-refractivity contribution in [2.45, 2.75) is 13.8 Å². The van der Waals surface area contributed by atoms with Crippen molar-refractivity contribution >= 4 is 22.7 Å². The van der Waals surface area contributed by atoms with Crippen LogP contribution in [0.15, 0.2) is 57.7 Å². The second-order valence-corrected chi connectivity index (χ2v) is 5.81. The Morgan fingerprint density at radius 1 is 1.08 bits per heavy atom. The minimum absolute atomic E-state index is 0.233. The molecule has 0 saturated carbocycles. The molecule has 0 atom stereocenters. The number of carbonyl (C=O) groups is 1. The molecule has 1 N–H and O–H groups in total. The summed E-state index contributed by atoms with van der Waals surface area (Å²) in [5.74, 6) is 0.245. The number of amides is 1. The standard InChI is InChI=1S/C19H15N3O3/c1-11-4-3-5-15-17(11)25-19(21-15)14-7-6-13(10-12(14)2)20-18(23)16-8-9-24-22-16/h3-10H,1-2H3,(H,20,23). The normalized spacial score (nSPS) is 11.0. The number of nitrogens with one attached hydrogen (secondary N) is 1. The minimum atomic E-state index is -0.321. The second-order valence-electron chi connectivity index (χ2n) is 5.81. The molecule has 25 heavy (non-hydrogen) atoms. The van der Waals surface area contributed by atoms with Crippen molar-refractivity contribution in [1.29, 1.82) is 0 Å². The molecule has 2 heterocycles. The summed E-state index contributed by atoms with van der Waals surface area (Å²) >= 11 is 0. The third-order valence-electron chi connectivity index (χ3n) is 4.00. The quantitative estimate of drug-likeness (QED) is 0.603. The summed E-state index contributed by atoms with van der Waals surface area (Å²) in [5.41, 5.74) is 5.40. The van der Waals surface area contributed by atoms with Gasteiger partial charge in [-0.1, -0.05) is 17.3 Å². The van der Waals surface area contributed by atoms with Gasteiger partial charge in [-0.05, 0) is 49.2 Å². The van der Waals surface area contributed by atoms with Crippen molar-refractivity contribution < 1.29 is 13.7 Å². The molecule has 0 aliphatic carbocycles. The lowest BCUT2D eigenvalue weighted by Gasteiger charge is -2.07. The third kappa shape index (κ3) is 2.78. The van der Waals surface area contributed by atoms with Crippen LogP contribution >= 0.6 is 0 Å². The number of aromatic nitrogens is 2. The molecule has 4 rings (SSSR count). The summed E-state index contributed by atoms with van der Waals surface area (Å²) < 4.78 is 10.6. The van der Waals surface area contributed by atoms with E-state index in [1.54, 1.807) is 0 Å². The number of aryl methyl sites for hydroxylation is 2. The zero-order valence-electron chi connectivity index (χ0n) is 13.7. The highest BCUT2D eigenvalue weighted by Crippen LogP contribution is 2.29. The number of rotatable bonds is 3. The maximum Gasteiger partial charge on any atom is 0.277 e. The molecule has 2 aromatic heterocycles. The van der Waals surface area contributed by atoms with E-state index in [0.717, 1.165) is 27.8 Å². The van der Waals surface area contributed by atoms with Gasteiger partial charge in [0.15, 0.2) is 11.3 Å². The predicted molar refractivity (Wildman–Crippen MR) is 93.4 cm³/mol. The van der Waals surface area contributed by atoms with Crippen LogP contribution in [0.1, 0.15) is 21.6 Å². The van der Waals surface area contributed by atoms with Crippen molar-refractivity contribution in [3.8, 4) is 11.5 Å². The summed E-state index contributed by atoms with van der Waals surface area (Å²) in [7, 11) is 0. The number of hydrogen-bond acceptors (Lipinski definition) is 5. The van der Waals surface area contributed by atoms with Crippen molar-refractivity contribution in [3.63, 3.8) is 0 Å². The van der Waals surface area contributed by atoms with Crippen LogP contribution in [0, 0.1) is 13.8 Å². The first-order chi connectivity index (χ1) is 12.1. The van der Waals surface area contributed by atoms with Gasteiger partial charge in [0.25, 0.3) is 5.91 Å². The Bertz CT molecular complexity index is 1060. The van der Waals surface area contributed by atoms with E-state index in [9.17, 15) is 4.79 Å². The first-order valence-corrected chi connectivity index (χ1v) is 7.81. The molecule has 0 saturated heterocycles. The Hall–Kier alpha value is -3.41. The Kier molecular flexibility index (Phi) is 3.57. The Morgan fingerprint density at radius 3 is 2.68 bits per heavy atom. The van der Waals surface area contributed by atoms with E-state index in [2.05, 4.69) is 20.0 Å². The molecule has 0 bridgehead atoms. The molecule has 0 radical (unpaired) electrons. The topological polar surface area (TPSA) is 81.2 Å². The molecule has 6 nitrogen and oxygen atoms in total. The van der Waals surface area contributed by atoms with E-state index in [4.69, 9.17) is 4.42 Å². The fraction of sp³-hybridized carbons (Fsp3) is 0.105. The second kappa shape index (κ2) is 5.90. The molecular formula is C19H15N3O3. The van der Waals surface area contributed by atoms with Crippen molar-refractivity contribution in [1.82, 2.24) is 10.1 Å². The lowest BCUT2D eigenvalue weighted by Crippen LogP contribution is -2.12. The third-order valence-corrected chi connectivity index (χ3v) is 4.00. The molecule has 6 heteroatoms. The Labute approximate surface area is 143 Å². The van der Waals surface area contributed by atoms with Crippen LogP contribution in [-0.2, 0) is 0 Å². The maximum absolute atomic E-state index is 12.0. The molecular weight excluding hydrogens is 318 g/mol. The van der Waals surface area contributed by atoms with Gasteiger partial charge < -0.3 is 14.3 Å². The number of benzene rings is 2. The summed E-state index contributed by atoms with van der Waals surface area (Å²) in [4.78, 5) is 16.6. The van der Waals surface area contributed by atoms with Crippen LogP contribution in [0.4, 0.5) is 5.69 Å². The molecule has 0 aliphatic rings. The fourth-order valence-electron chi connectivity index (χ4n) is 2.71. The number of carbonyl (C=O) groups excluding carboxylic acids is 1. The van der Waals surface area contributed by atoms with Gasteiger partial charge in [0, 0.05) is 17.3 Å². The maximum atomic E-state index is 12.0. The molecule has 0 unspecified atom stereocenters. The smallest absolute Gasteiger partial charge is 0.277 e. The van der Waals surface area contributed by atoms with E-state index in [-0.39, 0.29) is 11.6 Å². The molecule has 0 aliphatic heterocycles. The van der Waals surface area contributed by atoms with E-state index >= 15 is 0 Å². The van der Waals surface area contributed by atoms with E-state index in [1.165, 1.54) is 12.3 Å². The van der Waals surface area contributed by atoms with E-state index in [1.807, 2.05) is 50.2 Å². The molecule has 4 aromatic rings. The predicted octanol–water partition coefficient (Wildman–Crippen LogP) is 4.35. The van der Waals surface area contributed by atoms with Crippen molar-refractivity contribution in [2.24, 2.45) is 0 Å². The van der Waals surface area contributed by atoms with Gasteiger partial charge in [0.1, 0.15) is 11.8 Å². The number of nitrogens with zero attached hydrogens (tertiary/aromatic N) is 2. The number of fused-ring (bicyclic) bond motifs is 1. The number of para-hydroxylation sites is 1. The molecule has 2 aromatic carbocycles. The summed E-state index contributed by atoms with van der Waals surface area (Å²) in [6.45, 7) is 3.94. The van der Waals surface area contributed by atoms with Crippen LogP contribution in [0.25, 0.3) is 22.6 Å². The van der Waals surface area contributed by atoms with Crippen LogP contribution in [0.2, 0.25) is 0 Å². The van der Waals surface area contributed by atoms with E-state index < -0.39 is 0 Å². The molecule has 124 valence electrons. The highest BCUT2D eigenvalue weighted by Gasteiger charge is 2.14. The molecule has 0 fully saturated rings. The average molecular weight is 333 g/mol. The zero-order valence-corrected chi connectivity index (χ0v) is 13.7. The first-order valence-electron chi connectivity index (χ1n) is 7.81. The lowest BCUT2D eigenvalue weighted by atomic mass is 10.1. The van der Waals surface area contributed by atoms with Crippen molar-refractivity contribution in [3.05, 3.63) is 65.5 Å². The highest BCUT2D eigenvalue weighted by atomic mass is 16.5. The lowest BCUT2D eigenvalue weighted by molar-refractivity contribution is 0.101. The van der Waals surface area contributed by atoms with Gasteiger partial charge in [-0.25, -0.2) is 4.98 Å². The van der Waals surface area contributed by atoms with Gasteiger partial charge in [-0.15, -0.1) is 0 Å². The average Bonchev–Trinajstić information content (AvgIpc) is 3.25. The van der Waals surface area contributed by atoms with Gasteiger partial charge in [-0.3, -0.25) is 4.79 Å². The Balaban J connectivity index is 1.65. The largest absolute Gasteiger partial charge is 0.436 e. The molecule has 1 amide bonds. The summed E-state index contributed by atoms with van der Waals surface area (Å²) in [6.07, 6.45) is 1.36. The highest BCUT2D eigenvalue weighted by molar-refractivity contribution is 6.02. The number of anilines is 1. The minimum Gasteiger partial charge on any atom is -0.436 e.